The van der Waals surface area contributed by atoms with Crippen LogP contribution in [0.15, 0.2) is 39.8 Å². The Kier molecular flexibility index (Phi) is 3.62. The summed E-state index contributed by atoms with van der Waals surface area (Å²) < 4.78 is 0. The summed E-state index contributed by atoms with van der Waals surface area (Å²) in [6, 6.07) is 7.41. The molecule has 3 aromatic rings. The van der Waals surface area contributed by atoms with Crippen LogP contribution in [0.25, 0.3) is 10.9 Å². The number of aromatic nitrogens is 2. The van der Waals surface area contributed by atoms with E-state index in [0.29, 0.717) is 22.5 Å². The van der Waals surface area contributed by atoms with E-state index in [0.717, 1.165) is 6.42 Å². The molecule has 0 bridgehead atoms. The van der Waals surface area contributed by atoms with Crippen LogP contribution >= 0.6 is 11.3 Å². The summed E-state index contributed by atoms with van der Waals surface area (Å²) in [5.74, 6) is 0.486. The predicted molar refractivity (Wildman–Crippen MR) is 87.9 cm³/mol. The molecule has 0 aliphatic carbocycles. The summed E-state index contributed by atoms with van der Waals surface area (Å²) in [5.41, 5.74) is 7.98. The molecule has 0 amide bonds. The Labute approximate surface area is 125 Å². The van der Waals surface area contributed by atoms with Crippen molar-refractivity contribution in [2.24, 2.45) is 0 Å². The number of benzene rings is 1. The van der Waals surface area contributed by atoms with Gasteiger partial charge in [0.1, 0.15) is 0 Å². The number of nitrogens with zero attached hydrogens (tertiary/aromatic N) is 1. The van der Waals surface area contributed by atoms with Crippen molar-refractivity contribution in [3.63, 3.8) is 0 Å². The number of nitrogens with one attached hydrogen (secondary N) is 2. The van der Waals surface area contributed by atoms with Crippen molar-refractivity contribution < 1.29 is 0 Å². The van der Waals surface area contributed by atoms with Crippen LogP contribution in [0, 0.1) is 0 Å². The summed E-state index contributed by atoms with van der Waals surface area (Å²) in [4.78, 5) is 19.2. The van der Waals surface area contributed by atoms with Crippen LogP contribution < -0.4 is 16.6 Å². The van der Waals surface area contributed by atoms with Crippen molar-refractivity contribution >= 4 is 33.9 Å². The Hall–Kier alpha value is -2.34. The van der Waals surface area contributed by atoms with Crippen LogP contribution in [0.3, 0.4) is 0 Å². The van der Waals surface area contributed by atoms with E-state index in [1.165, 1.54) is 5.56 Å². The highest BCUT2D eigenvalue weighted by atomic mass is 32.1. The lowest BCUT2D eigenvalue weighted by Crippen LogP contribution is -2.22. The normalized spacial score (nSPS) is 12.4. The molecule has 0 fully saturated rings. The third-order valence-electron chi connectivity index (χ3n) is 3.23. The second kappa shape index (κ2) is 5.57. The van der Waals surface area contributed by atoms with Gasteiger partial charge in [0.05, 0.1) is 10.9 Å². The average Bonchev–Trinajstić information content (AvgIpc) is 2.92. The van der Waals surface area contributed by atoms with Gasteiger partial charge in [-0.05, 0) is 53.9 Å². The predicted octanol–water partition coefficient (Wildman–Crippen LogP) is 2.61. The highest BCUT2D eigenvalue weighted by Crippen LogP contribution is 2.14. The number of nitrogen functional groups attached to an aromatic ring is 1. The molecule has 2 heterocycles. The highest BCUT2D eigenvalue weighted by molar-refractivity contribution is 7.07. The molecule has 1 atom stereocenters. The van der Waals surface area contributed by atoms with E-state index in [1.807, 2.05) is 0 Å². The van der Waals surface area contributed by atoms with Crippen LogP contribution in [0.5, 0.6) is 0 Å². The molecular weight excluding hydrogens is 284 g/mol. The molecular formula is C15H16N4OS. The minimum atomic E-state index is -0.183. The third kappa shape index (κ3) is 3.05. The number of thiophene rings is 1. The first-order chi connectivity index (χ1) is 10.1. The number of H-pyrrole nitrogens is 1. The van der Waals surface area contributed by atoms with Gasteiger partial charge < -0.3 is 11.1 Å². The zero-order chi connectivity index (χ0) is 14.8. The third-order valence-corrected chi connectivity index (χ3v) is 3.97. The van der Waals surface area contributed by atoms with Crippen molar-refractivity contribution in [1.82, 2.24) is 9.97 Å². The summed E-state index contributed by atoms with van der Waals surface area (Å²) in [6.45, 7) is 2.06. The fourth-order valence-electron chi connectivity index (χ4n) is 2.27. The van der Waals surface area contributed by atoms with Gasteiger partial charge in [-0.15, -0.1) is 0 Å². The van der Waals surface area contributed by atoms with E-state index >= 15 is 0 Å². The van der Waals surface area contributed by atoms with E-state index in [-0.39, 0.29) is 11.6 Å². The molecule has 108 valence electrons. The second-order valence-electron chi connectivity index (χ2n) is 5.07. The number of fused-ring (bicyclic) bond motifs is 1. The SMILES string of the molecule is CC(Cc1ccsc1)Nc1nc2ccc(N)cc2c(=O)[nH]1. The largest absolute Gasteiger partial charge is 0.399 e. The zero-order valence-corrected chi connectivity index (χ0v) is 12.4. The Bertz CT molecular complexity index is 810. The lowest BCUT2D eigenvalue weighted by molar-refractivity contribution is 0.779. The number of rotatable bonds is 4. The summed E-state index contributed by atoms with van der Waals surface area (Å²) >= 11 is 1.68. The summed E-state index contributed by atoms with van der Waals surface area (Å²) in [6.07, 6.45) is 0.882. The first kappa shape index (κ1) is 13.6. The molecule has 6 heteroatoms. The van der Waals surface area contributed by atoms with Gasteiger partial charge in [-0.25, -0.2) is 4.98 Å². The maximum absolute atomic E-state index is 12.1. The van der Waals surface area contributed by atoms with Gasteiger partial charge in [-0.3, -0.25) is 9.78 Å². The minimum absolute atomic E-state index is 0.175. The van der Waals surface area contributed by atoms with Crippen LogP contribution in [-0.4, -0.2) is 16.0 Å². The lowest BCUT2D eigenvalue weighted by atomic mass is 10.1. The standard InChI is InChI=1S/C15H16N4OS/c1-9(6-10-4-5-21-8-10)17-15-18-13-3-2-11(16)7-12(13)14(20)19-15/h2-5,7-9H,6,16H2,1H3,(H2,17,18,19,20). The average molecular weight is 300 g/mol. The van der Waals surface area contributed by atoms with Crippen LogP contribution in [0.1, 0.15) is 12.5 Å². The van der Waals surface area contributed by atoms with Crippen molar-refractivity contribution in [2.45, 2.75) is 19.4 Å². The number of hydrogen-bond donors (Lipinski definition) is 3. The molecule has 1 unspecified atom stereocenters. The summed E-state index contributed by atoms with van der Waals surface area (Å²) in [5, 5.41) is 7.92. The van der Waals surface area contributed by atoms with Gasteiger partial charge in [0.25, 0.3) is 5.56 Å². The number of aromatic amines is 1. The van der Waals surface area contributed by atoms with Crippen molar-refractivity contribution in [3.8, 4) is 0 Å². The Morgan fingerprint density at radius 1 is 1.43 bits per heavy atom. The Morgan fingerprint density at radius 3 is 3.05 bits per heavy atom. The van der Waals surface area contributed by atoms with Crippen molar-refractivity contribution in [2.75, 3.05) is 11.1 Å². The molecule has 0 aliphatic heterocycles. The minimum Gasteiger partial charge on any atom is -0.399 e. The molecule has 0 saturated heterocycles. The second-order valence-corrected chi connectivity index (χ2v) is 5.85. The molecule has 0 aliphatic rings. The Balaban J connectivity index is 1.84. The fourth-order valence-corrected chi connectivity index (χ4v) is 2.95. The molecule has 0 radical (unpaired) electrons. The molecule has 0 saturated carbocycles. The van der Waals surface area contributed by atoms with E-state index < -0.39 is 0 Å². The van der Waals surface area contributed by atoms with Gasteiger partial charge >= 0.3 is 0 Å². The molecule has 4 N–H and O–H groups in total. The van der Waals surface area contributed by atoms with Crippen molar-refractivity contribution in [1.29, 1.82) is 0 Å². The van der Waals surface area contributed by atoms with E-state index in [4.69, 9.17) is 5.73 Å². The molecule has 2 aromatic heterocycles. The maximum Gasteiger partial charge on any atom is 0.260 e. The number of hydrogen-bond acceptors (Lipinski definition) is 5. The number of nitrogens with two attached hydrogens (primary N) is 1. The molecule has 1 aromatic carbocycles. The quantitative estimate of drug-likeness (QED) is 0.647. The first-order valence-electron chi connectivity index (χ1n) is 6.69. The molecule has 0 spiro atoms. The summed E-state index contributed by atoms with van der Waals surface area (Å²) in [7, 11) is 0. The number of anilines is 2. The Morgan fingerprint density at radius 2 is 2.29 bits per heavy atom. The van der Waals surface area contributed by atoms with Crippen LogP contribution in [-0.2, 0) is 6.42 Å². The molecule has 3 rings (SSSR count). The van der Waals surface area contributed by atoms with Gasteiger partial charge in [-0.2, -0.15) is 11.3 Å². The zero-order valence-electron chi connectivity index (χ0n) is 11.6. The maximum atomic E-state index is 12.1. The first-order valence-corrected chi connectivity index (χ1v) is 7.63. The van der Waals surface area contributed by atoms with E-state index in [9.17, 15) is 4.79 Å². The van der Waals surface area contributed by atoms with Gasteiger partial charge in [0.2, 0.25) is 5.95 Å². The fraction of sp³-hybridized carbons (Fsp3) is 0.200. The van der Waals surface area contributed by atoms with E-state index in [2.05, 4.69) is 39.0 Å². The lowest BCUT2D eigenvalue weighted by Gasteiger charge is -2.13. The molecule has 5 nitrogen and oxygen atoms in total. The van der Waals surface area contributed by atoms with Gasteiger partial charge in [0.15, 0.2) is 0 Å². The van der Waals surface area contributed by atoms with Gasteiger partial charge in [-0.1, -0.05) is 0 Å². The highest BCUT2D eigenvalue weighted by Gasteiger charge is 2.08. The van der Waals surface area contributed by atoms with Gasteiger partial charge in [0, 0.05) is 11.7 Å². The van der Waals surface area contributed by atoms with Crippen molar-refractivity contribution in [3.05, 3.63) is 50.9 Å². The van der Waals surface area contributed by atoms with E-state index in [1.54, 1.807) is 29.5 Å². The smallest absolute Gasteiger partial charge is 0.260 e. The monoisotopic (exact) mass is 300 g/mol. The van der Waals surface area contributed by atoms with Crippen LogP contribution in [0.2, 0.25) is 0 Å². The topological polar surface area (TPSA) is 83.8 Å². The molecule has 21 heavy (non-hydrogen) atoms. The van der Waals surface area contributed by atoms with Crippen LogP contribution in [0.4, 0.5) is 11.6 Å².